The van der Waals surface area contributed by atoms with E-state index in [2.05, 4.69) is 20.3 Å². The quantitative estimate of drug-likeness (QED) is 0.787. The summed E-state index contributed by atoms with van der Waals surface area (Å²) in [5.74, 6) is 0.639. The Labute approximate surface area is 144 Å². The first kappa shape index (κ1) is 15.6. The van der Waals surface area contributed by atoms with E-state index in [0.717, 1.165) is 36.5 Å². The van der Waals surface area contributed by atoms with Crippen LogP contribution in [0.1, 0.15) is 12.0 Å². The van der Waals surface area contributed by atoms with Gasteiger partial charge in [-0.25, -0.2) is 9.37 Å². The molecule has 1 unspecified atom stereocenters. The van der Waals surface area contributed by atoms with Gasteiger partial charge in [0.05, 0.1) is 12.6 Å². The van der Waals surface area contributed by atoms with E-state index in [1.54, 1.807) is 24.5 Å². The molecule has 1 N–H and O–H groups in total. The zero-order valence-electron chi connectivity index (χ0n) is 13.6. The Morgan fingerprint density at radius 2 is 2.04 bits per heavy atom. The standard InChI is InChI=1S/C18H18FN5O/c19-14-3-1-13(2-4-14)11-17(25)22-15-7-10-23(12-15)18-6-8-20-16-5-9-21-24(16)18/h1-6,8-9,15H,7,10-12H2,(H,22,25). The SMILES string of the molecule is O=C(Cc1ccc(F)cc1)NC1CCN(c2ccnc3ccnn23)C1. The van der Waals surface area contributed by atoms with Crippen molar-refractivity contribution in [2.75, 3.05) is 18.0 Å². The fourth-order valence-electron chi connectivity index (χ4n) is 3.21. The summed E-state index contributed by atoms with van der Waals surface area (Å²) in [7, 11) is 0. The molecule has 0 aliphatic carbocycles. The molecule has 4 rings (SSSR count). The van der Waals surface area contributed by atoms with Crippen molar-refractivity contribution in [2.24, 2.45) is 0 Å². The van der Waals surface area contributed by atoms with Crippen LogP contribution in [-0.2, 0) is 11.2 Å². The Kier molecular flexibility index (Phi) is 4.05. The first-order valence-electron chi connectivity index (χ1n) is 8.26. The topological polar surface area (TPSA) is 62.5 Å². The number of carbonyl (C=O) groups is 1. The molecule has 1 atom stereocenters. The van der Waals surface area contributed by atoms with Gasteiger partial charge in [-0.1, -0.05) is 12.1 Å². The number of hydrogen-bond acceptors (Lipinski definition) is 4. The lowest BCUT2D eigenvalue weighted by Crippen LogP contribution is -2.38. The van der Waals surface area contributed by atoms with Gasteiger partial charge in [-0.15, -0.1) is 0 Å². The number of fused-ring (bicyclic) bond motifs is 1. The van der Waals surface area contributed by atoms with Crippen molar-refractivity contribution in [1.29, 1.82) is 0 Å². The minimum absolute atomic E-state index is 0.0441. The summed E-state index contributed by atoms with van der Waals surface area (Å²) in [4.78, 5) is 18.7. The average Bonchev–Trinajstić information content (AvgIpc) is 3.25. The number of amides is 1. The third-order valence-electron chi connectivity index (χ3n) is 4.43. The average molecular weight is 339 g/mol. The highest BCUT2D eigenvalue weighted by Crippen LogP contribution is 2.20. The largest absolute Gasteiger partial charge is 0.354 e. The van der Waals surface area contributed by atoms with E-state index in [9.17, 15) is 9.18 Å². The Balaban J connectivity index is 1.38. The van der Waals surface area contributed by atoms with Gasteiger partial charge in [-0.2, -0.15) is 9.61 Å². The van der Waals surface area contributed by atoms with E-state index >= 15 is 0 Å². The van der Waals surface area contributed by atoms with Crippen molar-refractivity contribution in [3.8, 4) is 0 Å². The van der Waals surface area contributed by atoms with Crippen molar-refractivity contribution in [2.45, 2.75) is 18.9 Å². The van der Waals surface area contributed by atoms with Gasteiger partial charge in [-0.05, 0) is 30.2 Å². The highest BCUT2D eigenvalue weighted by molar-refractivity contribution is 5.79. The van der Waals surface area contributed by atoms with Crippen molar-refractivity contribution in [3.05, 3.63) is 60.2 Å². The van der Waals surface area contributed by atoms with Crippen LogP contribution in [0.15, 0.2) is 48.8 Å². The monoisotopic (exact) mass is 339 g/mol. The molecule has 1 aliphatic heterocycles. The molecular weight excluding hydrogens is 321 g/mol. The number of carbonyl (C=O) groups excluding carboxylic acids is 1. The van der Waals surface area contributed by atoms with Crippen LogP contribution in [0.5, 0.6) is 0 Å². The fraction of sp³-hybridized carbons (Fsp3) is 0.278. The van der Waals surface area contributed by atoms with Crippen molar-refractivity contribution in [3.63, 3.8) is 0 Å². The molecule has 0 radical (unpaired) electrons. The van der Waals surface area contributed by atoms with Gasteiger partial charge in [-0.3, -0.25) is 4.79 Å². The van der Waals surface area contributed by atoms with Gasteiger partial charge in [0.15, 0.2) is 5.65 Å². The molecule has 0 saturated carbocycles. The minimum atomic E-state index is -0.294. The molecule has 128 valence electrons. The van der Waals surface area contributed by atoms with Crippen LogP contribution >= 0.6 is 0 Å². The van der Waals surface area contributed by atoms with Crippen molar-refractivity contribution in [1.82, 2.24) is 19.9 Å². The Bertz CT molecular complexity index is 892. The zero-order chi connectivity index (χ0) is 17.2. The summed E-state index contributed by atoms with van der Waals surface area (Å²) in [5.41, 5.74) is 1.61. The number of halogens is 1. The maximum absolute atomic E-state index is 12.9. The van der Waals surface area contributed by atoms with Crippen LogP contribution in [-0.4, -0.2) is 39.6 Å². The lowest BCUT2D eigenvalue weighted by molar-refractivity contribution is -0.121. The summed E-state index contributed by atoms with van der Waals surface area (Å²) in [5, 5.41) is 7.37. The van der Waals surface area contributed by atoms with E-state index < -0.39 is 0 Å². The smallest absolute Gasteiger partial charge is 0.224 e. The third kappa shape index (κ3) is 3.31. The molecule has 3 heterocycles. The molecule has 1 amide bonds. The van der Waals surface area contributed by atoms with E-state index in [4.69, 9.17) is 0 Å². The third-order valence-corrected chi connectivity index (χ3v) is 4.43. The molecule has 0 bridgehead atoms. The molecule has 1 aromatic carbocycles. The predicted molar refractivity (Wildman–Crippen MR) is 91.9 cm³/mol. The van der Waals surface area contributed by atoms with Crippen LogP contribution in [0.2, 0.25) is 0 Å². The van der Waals surface area contributed by atoms with Gasteiger partial charge < -0.3 is 10.2 Å². The highest BCUT2D eigenvalue weighted by Gasteiger charge is 2.25. The molecule has 1 fully saturated rings. The second kappa shape index (κ2) is 6.51. The minimum Gasteiger partial charge on any atom is -0.354 e. The van der Waals surface area contributed by atoms with Gasteiger partial charge in [0.2, 0.25) is 5.91 Å². The number of anilines is 1. The molecule has 1 saturated heterocycles. The fourth-order valence-corrected chi connectivity index (χ4v) is 3.21. The van der Waals surface area contributed by atoms with Gasteiger partial charge in [0.1, 0.15) is 11.6 Å². The van der Waals surface area contributed by atoms with Gasteiger partial charge >= 0.3 is 0 Å². The predicted octanol–water partition coefficient (Wildman–Crippen LogP) is 1.81. The van der Waals surface area contributed by atoms with Crippen LogP contribution in [0.4, 0.5) is 10.2 Å². The molecule has 7 heteroatoms. The molecule has 1 aliphatic rings. The molecule has 6 nitrogen and oxygen atoms in total. The first-order chi connectivity index (χ1) is 12.2. The molecule has 0 spiro atoms. The lowest BCUT2D eigenvalue weighted by Gasteiger charge is -2.19. The number of nitrogens with zero attached hydrogens (tertiary/aromatic N) is 4. The number of nitrogens with one attached hydrogen (secondary N) is 1. The van der Waals surface area contributed by atoms with E-state index in [1.807, 2.05) is 16.6 Å². The Morgan fingerprint density at radius 1 is 1.20 bits per heavy atom. The summed E-state index contributed by atoms with van der Waals surface area (Å²) < 4.78 is 14.7. The maximum Gasteiger partial charge on any atom is 0.224 e. The highest BCUT2D eigenvalue weighted by atomic mass is 19.1. The van der Waals surface area contributed by atoms with Gasteiger partial charge in [0.25, 0.3) is 0 Å². The van der Waals surface area contributed by atoms with E-state index in [-0.39, 0.29) is 24.2 Å². The number of rotatable bonds is 4. The van der Waals surface area contributed by atoms with Crippen LogP contribution in [0.25, 0.3) is 5.65 Å². The zero-order valence-corrected chi connectivity index (χ0v) is 13.6. The van der Waals surface area contributed by atoms with Crippen LogP contribution in [0.3, 0.4) is 0 Å². The summed E-state index contributed by atoms with van der Waals surface area (Å²) >= 11 is 0. The summed E-state index contributed by atoms with van der Waals surface area (Å²) in [6.45, 7) is 1.58. The van der Waals surface area contributed by atoms with E-state index in [0.29, 0.717) is 0 Å². The van der Waals surface area contributed by atoms with Crippen LogP contribution < -0.4 is 10.2 Å². The molecule has 2 aromatic heterocycles. The Morgan fingerprint density at radius 3 is 2.88 bits per heavy atom. The second-order valence-electron chi connectivity index (χ2n) is 6.21. The van der Waals surface area contributed by atoms with Gasteiger partial charge in [0, 0.05) is 31.4 Å². The molecule has 25 heavy (non-hydrogen) atoms. The maximum atomic E-state index is 12.9. The van der Waals surface area contributed by atoms with E-state index in [1.165, 1.54) is 12.1 Å². The molecule has 3 aromatic rings. The Hall–Kier alpha value is -2.96. The molecular formula is C18H18FN5O. The number of aromatic nitrogens is 3. The lowest BCUT2D eigenvalue weighted by atomic mass is 10.1. The summed E-state index contributed by atoms with van der Waals surface area (Å²) in [6, 6.07) is 9.91. The summed E-state index contributed by atoms with van der Waals surface area (Å²) in [6.07, 6.45) is 4.63. The van der Waals surface area contributed by atoms with Crippen molar-refractivity contribution >= 4 is 17.4 Å². The normalized spacial score (nSPS) is 17.2. The van der Waals surface area contributed by atoms with Crippen LogP contribution in [0, 0.1) is 5.82 Å². The van der Waals surface area contributed by atoms with Crippen molar-refractivity contribution < 1.29 is 9.18 Å². The second-order valence-corrected chi connectivity index (χ2v) is 6.21. The first-order valence-corrected chi connectivity index (χ1v) is 8.26. The number of hydrogen-bond donors (Lipinski definition) is 1. The number of benzene rings is 1.